The predicted molar refractivity (Wildman–Crippen MR) is 82.0 cm³/mol. The van der Waals surface area contributed by atoms with E-state index in [4.69, 9.17) is 14.2 Å². The summed E-state index contributed by atoms with van der Waals surface area (Å²) in [6.45, 7) is 5.22. The molecule has 1 aromatic rings. The average Bonchev–Trinajstić information content (AvgIpc) is 2.92. The molecule has 1 saturated heterocycles. The van der Waals surface area contributed by atoms with Gasteiger partial charge >= 0.3 is 6.09 Å². The van der Waals surface area contributed by atoms with Gasteiger partial charge in [-0.2, -0.15) is 0 Å². The second-order valence-corrected chi connectivity index (χ2v) is 4.72. The maximum atomic E-state index is 10.8. The number of benzene rings is 1. The van der Waals surface area contributed by atoms with Gasteiger partial charge in [0.05, 0.1) is 13.7 Å². The van der Waals surface area contributed by atoms with Crippen LogP contribution >= 0.6 is 0 Å². The monoisotopic (exact) mass is 295 g/mol. The molecule has 1 heterocycles. The minimum atomic E-state index is -0.395. The largest absolute Gasteiger partial charge is 0.493 e. The smallest absolute Gasteiger partial charge is 0.407 e. The summed E-state index contributed by atoms with van der Waals surface area (Å²) in [4.78, 5) is 10.8. The molecule has 1 N–H and O–H groups in total. The van der Waals surface area contributed by atoms with Gasteiger partial charge in [-0.15, -0.1) is 0 Å². The number of hydrogen-bond donors (Lipinski definition) is 1. The van der Waals surface area contributed by atoms with Gasteiger partial charge in [0.15, 0.2) is 17.6 Å². The highest BCUT2D eigenvalue weighted by molar-refractivity contribution is 5.69. The van der Waals surface area contributed by atoms with E-state index in [0.717, 1.165) is 0 Å². The molecule has 0 bridgehead atoms. The lowest BCUT2D eigenvalue weighted by molar-refractivity contribution is 0.103. The highest BCUT2D eigenvalue weighted by Crippen LogP contribution is 2.26. The molecule has 1 fully saturated rings. The van der Waals surface area contributed by atoms with Gasteiger partial charge < -0.3 is 19.5 Å². The zero-order chi connectivity index (χ0) is 15.5. The molecule has 1 aromatic carbocycles. The van der Waals surface area contributed by atoms with Crippen molar-refractivity contribution in [2.45, 2.75) is 39.2 Å². The summed E-state index contributed by atoms with van der Waals surface area (Å²) in [7, 11) is 1.58. The van der Waals surface area contributed by atoms with Crippen molar-refractivity contribution in [2.75, 3.05) is 20.3 Å². The van der Waals surface area contributed by atoms with Crippen molar-refractivity contribution in [3.63, 3.8) is 0 Å². The van der Waals surface area contributed by atoms with Gasteiger partial charge in [0.2, 0.25) is 0 Å². The van der Waals surface area contributed by atoms with Crippen LogP contribution in [0.1, 0.15) is 33.1 Å². The normalized spacial score (nSPS) is 16.3. The zero-order valence-electron chi connectivity index (χ0n) is 13.1. The number of carbonyl (C=O) groups excluding carboxylic acids is 1. The van der Waals surface area contributed by atoms with E-state index in [9.17, 15) is 4.79 Å². The number of nitrogens with one attached hydrogen (secondary N) is 1. The second-order valence-electron chi connectivity index (χ2n) is 4.72. The standard InChI is InChI=1S/C11H13NO4.C5H12/c1-14-9-4-2-3-5-10(9)15-7-8-6-12-11(13)16-8;1-3-5-4-2/h2-5,8H,6-7H2,1H3,(H,12,13);3-5H2,1-2H3. The fourth-order valence-corrected chi connectivity index (χ4v) is 1.80. The van der Waals surface area contributed by atoms with Crippen LogP contribution < -0.4 is 14.8 Å². The van der Waals surface area contributed by atoms with Gasteiger partial charge in [0.25, 0.3) is 0 Å². The van der Waals surface area contributed by atoms with Crippen molar-refractivity contribution >= 4 is 6.09 Å². The summed E-state index contributed by atoms with van der Waals surface area (Å²) in [5.74, 6) is 1.31. The predicted octanol–water partition coefficient (Wildman–Crippen LogP) is 3.38. The van der Waals surface area contributed by atoms with E-state index in [1.807, 2.05) is 24.3 Å². The van der Waals surface area contributed by atoms with E-state index < -0.39 is 6.09 Å². The van der Waals surface area contributed by atoms with Crippen molar-refractivity contribution in [3.05, 3.63) is 24.3 Å². The van der Waals surface area contributed by atoms with Gasteiger partial charge in [-0.05, 0) is 12.1 Å². The van der Waals surface area contributed by atoms with Gasteiger partial charge in [-0.3, -0.25) is 0 Å². The maximum absolute atomic E-state index is 10.8. The zero-order valence-corrected chi connectivity index (χ0v) is 13.1. The van der Waals surface area contributed by atoms with Gasteiger partial charge in [0.1, 0.15) is 6.61 Å². The van der Waals surface area contributed by atoms with Gasteiger partial charge in [-0.1, -0.05) is 45.2 Å². The van der Waals surface area contributed by atoms with Crippen LogP contribution in [0.2, 0.25) is 0 Å². The number of cyclic esters (lactones) is 1. The van der Waals surface area contributed by atoms with Gasteiger partial charge in [-0.25, -0.2) is 4.79 Å². The summed E-state index contributed by atoms with van der Waals surface area (Å²) in [6.07, 6.45) is 3.44. The van der Waals surface area contributed by atoms with Crippen LogP contribution in [0.15, 0.2) is 24.3 Å². The van der Waals surface area contributed by atoms with E-state index in [1.165, 1.54) is 19.3 Å². The highest BCUT2D eigenvalue weighted by Gasteiger charge is 2.23. The molecule has 5 nitrogen and oxygen atoms in total. The number of ether oxygens (including phenoxy) is 3. The van der Waals surface area contributed by atoms with E-state index in [0.29, 0.717) is 24.7 Å². The molecular weight excluding hydrogens is 270 g/mol. The number of para-hydroxylation sites is 2. The molecule has 0 spiro atoms. The third-order valence-electron chi connectivity index (χ3n) is 2.95. The first kappa shape index (κ1) is 17.1. The topological polar surface area (TPSA) is 56.8 Å². The molecule has 0 saturated carbocycles. The SMILES string of the molecule is CCCCC.COc1ccccc1OCC1CNC(=O)O1. The number of methoxy groups -OCH3 is 1. The second kappa shape index (κ2) is 9.91. The van der Waals surface area contributed by atoms with Gasteiger partial charge in [0, 0.05) is 0 Å². The van der Waals surface area contributed by atoms with E-state index in [2.05, 4.69) is 19.2 Å². The summed E-state index contributed by atoms with van der Waals surface area (Å²) in [6, 6.07) is 7.34. The summed E-state index contributed by atoms with van der Waals surface area (Å²) >= 11 is 0. The lowest BCUT2D eigenvalue weighted by Gasteiger charge is -2.12. The Labute approximate surface area is 126 Å². The molecule has 1 unspecified atom stereocenters. The maximum Gasteiger partial charge on any atom is 0.407 e. The number of carbonyl (C=O) groups is 1. The van der Waals surface area contributed by atoms with Crippen molar-refractivity contribution in [2.24, 2.45) is 0 Å². The van der Waals surface area contributed by atoms with Crippen molar-refractivity contribution < 1.29 is 19.0 Å². The van der Waals surface area contributed by atoms with Crippen molar-refractivity contribution in [1.82, 2.24) is 5.32 Å². The lowest BCUT2D eigenvalue weighted by atomic mass is 10.3. The van der Waals surface area contributed by atoms with Crippen molar-refractivity contribution in [1.29, 1.82) is 0 Å². The molecule has 118 valence electrons. The lowest BCUT2D eigenvalue weighted by Crippen LogP contribution is -2.22. The van der Waals surface area contributed by atoms with E-state index in [-0.39, 0.29) is 6.10 Å². The van der Waals surface area contributed by atoms with Crippen LogP contribution in [0, 0.1) is 0 Å². The molecular formula is C16H25NO4. The number of rotatable bonds is 6. The third-order valence-corrected chi connectivity index (χ3v) is 2.95. The number of amides is 1. The fourth-order valence-electron chi connectivity index (χ4n) is 1.80. The minimum absolute atomic E-state index is 0.239. The first-order valence-electron chi connectivity index (χ1n) is 7.41. The molecule has 1 atom stereocenters. The Kier molecular flexibility index (Phi) is 8.09. The third kappa shape index (κ3) is 6.38. The molecule has 0 radical (unpaired) electrons. The Morgan fingerprint density at radius 3 is 2.38 bits per heavy atom. The number of unbranched alkanes of at least 4 members (excludes halogenated alkanes) is 2. The Hall–Kier alpha value is -1.91. The Balaban J connectivity index is 0.000000383. The van der Waals surface area contributed by atoms with Crippen LogP contribution in [0.25, 0.3) is 0 Å². The van der Waals surface area contributed by atoms with Crippen LogP contribution in [0.5, 0.6) is 11.5 Å². The van der Waals surface area contributed by atoms with Crippen LogP contribution in [0.3, 0.4) is 0 Å². The Morgan fingerprint density at radius 1 is 1.24 bits per heavy atom. The van der Waals surface area contributed by atoms with E-state index in [1.54, 1.807) is 7.11 Å². The minimum Gasteiger partial charge on any atom is -0.493 e. The molecule has 21 heavy (non-hydrogen) atoms. The molecule has 5 heteroatoms. The molecule has 1 aliphatic rings. The molecule has 2 rings (SSSR count). The average molecular weight is 295 g/mol. The Bertz CT molecular complexity index is 420. The molecule has 0 aliphatic carbocycles. The first-order chi connectivity index (χ1) is 10.2. The first-order valence-corrected chi connectivity index (χ1v) is 7.41. The quantitative estimate of drug-likeness (QED) is 0.874. The number of alkyl carbamates (subject to hydrolysis) is 1. The molecule has 1 amide bonds. The molecule has 0 aromatic heterocycles. The van der Waals surface area contributed by atoms with Crippen LogP contribution in [-0.4, -0.2) is 32.5 Å². The Morgan fingerprint density at radius 2 is 1.90 bits per heavy atom. The summed E-state index contributed by atoms with van der Waals surface area (Å²) < 4.78 is 15.6. The van der Waals surface area contributed by atoms with Crippen LogP contribution in [0.4, 0.5) is 4.79 Å². The summed E-state index contributed by atoms with van der Waals surface area (Å²) in [5, 5.41) is 2.56. The van der Waals surface area contributed by atoms with E-state index >= 15 is 0 Å². The summed E-state index contributed by atoms with van der Waals surface area (Å²) in [5.41, 5.74) is 0. The number of hydrogen-bond acceptors (Lipinski definition) is 4. The highest BCUT2D eigenvalue weighted by atomic mass is 16.6. The van der Waals surface area contributed by atoms with Crippen LogP contribution in [-0.2, 0) is 4.74 Å². The van der Waals surface area contributed by atoms with Crippen molar-refractivity contribution in [3.8, 4) is 11.5 Å². The molecule has 1 aliphatic heterocycles. The fraction of sp³-hybridized carbons (Fsp3) is 0.562.